The van der Waals surface area contributed by atoms with Gasteiger partial charge < -0.3 is 10.2 Å². The van der Waals surface area contributed by atoms with Crippen LogP contribution in [0.15, 0.2) is 0 Å². The predicted octanol–water partition coefficient (Wildman–Crippen LogP) is 4.08. The quantitative estimate of drug-likeness (QED) is 0.668. The number of nitrogens with one attached hydrogen (secondary N) is 1. The number of hydrogen-bond acceptors (Lipinski definition) is 4. The minimum absolute atomic E-state index is 0.230. The number of carbonyl (C=O) groups excluding carboxylic acids is 1. The molecule has 0 aromatic heterocycles. The first-order chi connectivity index (χ1) is 14.8. The van der Waals surface area contributed by atoms with E-state index in [9.17, 15) is 13.2 Å². The van der Waals surface area contributed by atoms with Crippen molar-refractivity contribution in [3.63, 3.8) is 0 Å². The van der Waals surface area contributed by atoms with E-state index < -0.39 is 10.0 Å². The highest BCUT2D eigenvalue weighted by Crippen LogP contribution is 2.25. The molecule has 1 amide bonds. The van der Waals surface area contributed by atoms with Crippen LogP contribution >= 0.6 is 0 Å². The van der Waals surface area contributed by atoms with Gasteiger partial charge in [-0.15, -0.1) is 0 Å². The van der Waals surface area contributed by atoms with Crippen molar-refractivity contribution in [3.8, 4) is 0 Å². The lowest BCUT2D eigenvalue weighted by molar-refractivity contribution is -0.127. The Balaban J connectivity index is 0.000000242. The van der Waals surface area contributed by atoms with Crippen LogP contribution in [0, 0.1) is 35.5 Å². The Hall–Kier alpha value is -0.660. The summed E-state index contributed by atoms with van der Waals surface area (Å²) < 4.78 is 23.8. The van der Waals surface area contributed by atoms with E-state index >= 15 is 0 Å². The van der Waals surface area contributed by atoms with Crippen LogP contribution < -0.4 is 5.32 Å². The summed E-state index contributed by atoms with van der Waals surface area (Å²) in [6, 6.07) is 0. The maximum Gasteiger partial charge on any atom is 0.219 e. The SMILES string of the molecule is CC(=O)N1CCC(C(C)C)C1.CC(C)C1CCCNC1.CC(C)C1CCN(S(C)(=O)=O)C1. The topological polar surface area (TPSA) is 69.7 Å². The average Bonchev–Trinajstić information content (AvgIpc) is 3.39. The van der Waals surface area contributed by atoms with Crippen LogP contribution in [-0.4, -0.2) is 69.1 Å². The fourth-order valence-electron chi connectivity index (χ4n) is 4.66. The second kappa shape index (κ2) is 13.9. The lowest BCUT2D eigenvalue weighted by Crippen LogP contribution is -2.32. The van der Waals surface area contributed by atoms with Gasteiger partial charge in [0.2, 0.25) is 15.9 Å². The van der Waals surface area contributed by atoms with Gasteiger partial charge in [0.1, 0.15) is 0 Å². The highest BCUT2D eigenvalue weighted by molar-refractivity contribution is 7.88. The monoisotopic (exact) mass is 473 g/mol. The van der Waals surface area contributed by atoms with Crippen LogP contribution in [0.5, 0.6) is 0 Å². The summed E-state index contributed by atoms with van der Waals surface area (Å²) in [6.45, 7) is 20.9. The van der Waals surface area contributed by atoms with E-state index in [1.54, 1.807) is 11.2 Å². The molecule has 32 heavy (non-hydrogen) atoms. The van der Waals surface area contributed by atoms with Gasteiger partial charge >= 0.3 is 0 Å². The summed E-state index contributed by atoms with van der Waals surface area (Å²) in [5.41, 5.74) is 0. The first-order valence-electron chi connectivity index (χ1n) is 12.7. The number of likely N-dealkylation sites (tertiary alicyclic amines) is 1. The number of sulfonamides is 1. The van der Waals surface area contributed by atoms with E-state index in [-0.39, 0.29) is 5.91 Å². The van der Waals surface area contributed by atoms with Crippen LogP contribution in [0.3, 0.4) is 0 Å². The molecular weight excluding hydrogens is 422 g/mol. The van der Waals surface area contributed by atoms with Crippen molar-refractivity contribution in [2.24, 2.45) is 35.5 Å². The van der Waals surface area contributed by atoms with E-state index in [0.717, 1.165) is 49.7 Å². The Labute approximate surface area is 198 Å². The molecule has 7 heteroatoms. The molecular formula is C25H51N3O3S. The molecule has 0 aromatic carbocycles. The van der Waals surface area contributed by atoms with E-state index in [1.807, 2.05) is 4.90 Å². The Morgan fingerprint density at radius 3 is 1.66 bits per heavy atom. The van der Waals surface area contributed by atoms with Crippen molar-refractivity contribution in [3.05, 3.63) is 0 Å². The van der Waals surface area contributed by atoms with E-state index in [2.05, 4.69) is 46.9 Å². The van der Waals surface area contributed by atoms with E-state index in [1.165, 1.54) is 38.6 Å². The fourth-order valence-corrected chi connectivity index (χ4v) is 5.56. The Morgan fingerprint density at radius 1 is 0.844 bits per heavy atom. The number of nitrogens with zero attached hydrogens (tertiary/aromatic N) is 2. The van der Waals surface area contributed by atoms with Crippen LogP contribution in [0.4, 0.5) is 0 Å². The van der Waals surface area contributed by atoms with Crippen LogP contribution in [0.1, 0.15) is 74.1 Å². The molecule has 0 aliphatic carbocycles. The molecule has 0 radical (unpaired) electrons. The molecule has 0 spiro atoms. The number of amides is 1. The number of hydrogen-bond donors (Lipinski definition) is 1. The fraction of sp³-hybridized carbons (Fsp3) is 0.960. The van der Waals surface area contributed by atoms with Crippen molar-refractivity contribution in [2.75, 3.05) is 45.5 Å². The zero-order valence-corrected chi connectivity index (χ0v) is 22.9. The van der Waals surface area contributed by atoms with Gasteiger partial charge in [0, 0.05) is 33.1 Å². The Kier molecular flexibility index (Phi) is 12.8. The maximum absolute atomic E-state index is 11.1. The van der Waals surface area contributed by atoms with E-state index in [4.69, 9.17) is 0 Å². The molecule has 1 N–H and O–H groups in total. The standard InChI is InChI=1S/C9H17NO.C8H17NO2S.C8H17N/c1-7(2)9-4-5-10(6-9)8(3)11;1-7(2)8-4-5-9(6-8)12(3,10)11;1-7(2)8-4-3-5-9-6-8/h7,9H,4-6H2,1-3H3;7-8H,4-6H2,1-3H3;7-9H,3-6H2,1-2H3. The number of rotatable bonds is 4. The normalized spacial score (nSPS) is 26.7. The van der Waals surface area contributed by atoms with Crippen molar-refractivity contribution in [2.45, 2.75) is 74.1 Å². The summed E-state index contributed by atoms with van der Waals surface area (Å²) in [5, 5.41) is 3.42. The summed E-state index contributed by atoms with van der Waals surface area (Å²) >= 11 is 0. The van der Waals surface area contributed by atoms with Gasteiger partial charge in [0.15, 0.2) is 0 Å². The molecule has 3 unspecified atom stereocenters. The van der Waals surface area contributed by atoms with Crippen LogP contribution in [-0.2, 0) is 14.8 Å². The molecule has 3 aliphatic rings. The smallest absolute Gasteiger partial charge is 0.219 e. The largest absolute Gasteiger partial charge is 0.343 e. The van der Waals surface area contributed by atoms with Crippen LogP contribution in [0.2, 0.25) is 0 Å². The van der Waals surface area contributed by atoms with Gasteiger partial charge in [0.25, 0.3) is 0 Å². The zero-order chi connectivity index (χ0) is 24.5. The number of carbonyl (C=O) groups is 1. The third kappa shape index (κ3) is 10.5. The van der Waals surface area contributed by atoms with Crippen LogP contribution in [0.25, 0.3) is 0 Å². The third-order valence-electron chi connectivity index (χ3n) is 7.49. The lowest BCUT2D eigenvalue weighted by atomic mass is 9.89. The molecule has 3 rings (SSSR count). The second-order valence-corrected chi connectivity index (χ2v) is 13.0. The number of piperidine rings is 1. The molecule has 3 fully saturated rings. The van der Waals surface area contributed by atoms with Gasteiger partial charge in [-0.1, -0.05) is 41.5 Å². The van der Waals surface area contributed by atoms with Gasteiger partial charge in [-0.05, 0) is 74.3 Å². The third-order valence-corrected chi connectivity index (χ3v) is 8.76. The minimum Gasteiger partial charge on any atom is -0.343 e. The first kappa shape index (κ1) is 29.4. The van der Waals surface area contributed by atoms with Gasteiger partial charge in [-0.3, -0.25) is 4.79 Å². The molecule has 190 valence electrons. The van der Waals surface area contributed by atoms with Gasteiger partial charge in [-0.2, -0.15) is 0 Å². The second-order valence-electron chi connectivity index (χ2n) is 11.0. The molecule has 0 aromatic rings. The summed E-state index contributed by atoms with van der Waals surface area (Å²) in [6.07, 6.45) is 6.31. The highest BCUT2D eigenvalue weighted by atomic mass is 32.2. The molecule has 6 nitrogen and oxygen atoms in total. The zero-order valence-electron chi connectivity index (χ0n) is 22.1. The minimum atomic E-state index is -2.94. The van der Waals surface area contributed by atoms with Crippen molar-refractivity contribution in [1.82, 2.24) is 14.5 Å². The first-order valence-corrected chi connectivity index (χ1v) is 14.6. The van der Waals surface area contributed by atoms with Gasteiger partial charge in [-0.25, -0.2) is 12.7 Å². The maximum atomic E-state index is 11.1. The molecule has 3 saturated heterocycles. The van der Waals surface area contributed by atoms with Crippen molar-refractivity contribution < 1.29 is 13.2 Å². The molecule has 3 aliphatic heterocycles. The van der Waals surface area contributed by atoms with Crippen molar-refractivity contribution in [1.29, 1.82) is 0 Å². The lowest BCUT2D eigenvalue weighted by Gasteiger charge is -2.25. The summed E-state index contributed by atoms with van der Waals surface area (Å²) in [5.74, 6) is 4.65. The van der Waals surface area contributed by atoms with E-state index in [0.29, 0.717) is 18.4 Å². The van der Waals surface area contributed by atoms with Gasteiger partial charge in [0.05, 0.1) is 6.26 Å². The highest BCUT2D eigenvalue weighted by Gasteiger charge is 2.30. The molecule has 0 saturated carbocycles. The summed E-state index contributed by atoms with van der Waals surface area (Å²) in [4.78, 5) is 12.9. The molecule has 3 heterocycles. The Morgan fingerprint density at radius 2 is 1.38 bits per heavy atom. The Bertz CT molecular complexity index is 643. The average molecular weight is 474 g/mol. The van der Waals surface area contributed by atoms with Crippen molar-refractivity contribution >= 4 is 15.9 Å². The molecule has 3 atom stereocenters. The predicted molar refractivity (Wildman–Crippen MR) is 135 cm³/mol. The molecule has 0 bridgehead atoms. The summed E-state index contributed by atoms with van der Waals surface area (Å²) in [7, 11) is -2.94.